The summed E-state index contributed by atoms with van der Waals surface area (Å²) in [6.45, 7) is 1.17. The van der Waals surface area contributed by atoms with Gasteiger partial charge in [0.15, 0.2) is 0 Å². The van der Waals surface area contributed by atoms with Gasteiger partial charge in [0.25, 0.3) is 0 Å². The van der Waals surface area contributed by atoms with Crippen molar-refractivity contribution in [2.45, 2.75) is 25.1 Å². The van der Waals surface area contributed by atoms with E-state index < -0.39 is 17.8 Å². The van der Waals surface area contributed by atoms with Crippen LogP contribution < -0.4 is 10.6 Å². The first kappa shape index (κ1) is 19.2. The van der Waals surface area contributed by atoms with E-state index in [4.69, 9.17) is 4.74 Å². The lowest BCUT2D eigenvalue weighted by atomic mass is 9.88. The lowest BCUT2D eigenvalue weighted by Crippen LogP contribution is -2.38. The maximum absolute atomic E-state index is 13.1. The Bertz CT molecular complexity index is 762. The van der Waals surface area contributed by atoms with Crippen molar-refractivity contribution >= 4 is 11.7 Å². The minimum absolute atomic E-state index is 0.117. The van der Waals surface area contributed by atoms with E-state index in [0.717, 1.165) is 24.5 Å². The van der Waals surface area contributed by atoms with Crippen molar-refractivity contribution in [3.63, 3.8) is 0 Å². The van der Waals surface area contributed by atoms with Crippen LogP contribution in [0.25, 0.3) is 0 Å². The molecule has 1 atom stereocenters. The molecule has 1 aromatic carbocycles. The van der Waals surface area contributed by atoms with Crippen LogP contribution in [0, 0.1) is 5.92 Å². The van der Waals surface area contributed by atoms with Gasteiger partial charge in [0.1, 0.15) is 0 Å². The van der Waals surface area contributed by atoms with Crippen molar-refractivity contribution in [1.82, 2.24) is 10.3 Å². The smallest absolute Gasteiger partial charge is 0.381 e. The number of para-hydroxylation sites is 1. The third-order valence-electron chi connectivity index (χ3n) is 4.55. The third kappa shape index (κ3) is 4.97. The van der Waals surface area contributed by atoms with Crippen LogP contribution >= 0.6 is 0 Å². The fourth-order valence-corrected chi connectivity index (χ4v) is 3.22. The number of benzene rings is 1. The molecule has 0 radical (unpaired) electrons. The molecule has 27 heavy (non-hydrogen) atoms. The number of alkyl halides is 3. The molecule has 1 aromatic heterocycles. The molecule has 144 valence electrons. The Labute approximate surface area is 154 Å². The fourth-order valence-electron chi connectivity index (χ4n) is 3.22. The summed E-state index contributed by atoms with van der Waals surface area (Å²) >= 11 is 0. The van der Waals surface area contributed by atoms with Crippen molar-refractivity contribution in [3.8, 4) is 0 Å². The Balaban J connectivity index is 1.77. The van der Waals surface area contributed by atoms with Crippen LogP contribution in [0.2, 0.25) is 0 Å². The summed E-state index contributed by atoms with van der Waals surface area (Å²) in [5.41, 5.74) is -0.354. The summed E-state index contributed by atoms with van der Waals surface area (Å²) in [6, 6.07) is 7.46. The lowest BCUT2D eigenvalue weighted by Gasteiger charge is -2.31. The minimum atomic E-state index is -4.55. The molecule has 2 N–H and O–H groups in total. The van der Waals surface area contributed by atoms with E-state index in [9.17, 15) is 18.0 Å². The zero-order chi connectivity index (χ0) is 19.3. The molecule has 0 unspecified atom stereocenters. The van der Waals surface area contributed by atoms with Gasteiger partial charge < -0.3 is 15.4 Å². The molecule has 0 spiro atoms. The predicted octanol–water partition coefficient (Wildman–Crippen LogP) is 4.39. The Morgan fingerprint density at radius 3 is 2.56 bits per heavy atom. The SMILES string of the molecule is O=C(Nc1ccccc1C(F)(F)F)N[C@@H](c1cccnc1)C1CCOCC1. The molecule has 1 aliphatic heterocycles. The van der Waals surface area contributed by atoms with E-state index in [1.54, 1.807) is 18.5 Å². The van der Waals surface area contributed by atoms with Crippen LogP contribution in [0.1, 0.15) is 30.0 Å². The van der Waals surface area contributed by atoms with Gasteiger partial charge >= 0.3 is 12.2 Å². The standard InChI is InChI=1S/C19H20F3N3O2/c20-19(21,22)15-5-1-2-6-16(15)24-18(26)25-17(13-7-10-27-11-8-13)14-4-3-9-23-12-14/h1-6,9,12-13,17H,7-8,10-11H2,(H2,24,25,26)/t17-/m1/s1. The van der Waals surface area contributed by atoms with Crippen LogP contribution in [-0.2, 0) is 10.9 Å². The van der Waals surface area contributed by atoms with Gasteiger partial charge in [-0.3, -0.25) is 4.98 Å². The summed E-state index contributed by atoms with van der Waals surface area (Å²) in [4.78, 5) is 16.6. The van der Waals surface area contributed by atoms with Crippen molar-refractivity contribution < 1.29 is 22.7 Å². The van der Waals surface area contributed by atoms with Crippen LogP contribution in [0.3, 0.4) is 0 Å². The molecule has 1 aliphatic rings. The van der Waals surface area contributed by atoms with Crippen molar-refractivity contribution in [1.29, 1.82) is 0 Å². The second-order valence-corrected chi connectivity index (χ2v) is 6.36. The van der Waals surface area contributed by atoms with Crippen molar-refractivity contribution in [3.05, 3.63) is 59.9 Å². The molecule has 2 amide bonds. The molecule has 0 bridgehead atoms. The Hall–Kier alpha value is -2.61. The molecular weight excluding hydrogens is 359 g/mol. The normalized spacial score (nSPS) is 16.6. The highest BCUT2D eigenvalue weighted by Crippen LogP contribution is 2.35. The summed E-state index contributed by atoms with van der Waals surface area (Å²) in [7, 11) is 0. The van der Waals surface area contributed by atoms with Gasteiger partial charge in [-0.1, -0.05) is 18.2 Å². The zero-order valence-corrected chi connectivity index (χ0v) is 14.5. The number of nitrogens with zero attached hydrogens (tertiary/aromatic N) is 1. The highest BCUT2D eigenvalue weighted by molar-refractivity contribution is 5.90. The van der Waals surface area contributed by atoms with Gasteiger partial charge in [0.2, 0.25) is 0 Å². The quantitative estimate of drug-likeness (QED) is 0.828. The first-order valence-corrected chi connectivity index (χ1v) is 8.66. The molecule has 5 nitrogen and oxygen atoms in total. The van der Waals surface area contributed by atoms with E-state index in [1.807, 2.05) is 6.07 Å². The number of rotatable bonds is 4. The Kier molecular flexibility index (Phi) is 5.95. The largest absolute Gasteiger partial charge is 0.418 e. The second kappa shape index (κ2) is 8.39. The molecule has 2 aromatic rings. The first-order chi connectivity index (χ1) is 12.9. The number of urea groups is 1. The van der Waals surface area contributed by atoms with Crippen LogP contribution in [-0.4, -0.2) is 24.2 Å². The van der Waals surface area contributed by atoms with Gasteiger partial charge in [0, 0.05) is 25.6 Å². The Morgan fingerprint density at radius 1 is 1.15 bits per heavy atom. The minimum Gasteiger partial charge on any atom is -0.381 e. The predicted molar refractivity (Wildman–Crippen MR) is 94.1 cm³/mol. The van der Waals surface area contributed by atoms with E-state index >= 15 is 0 Å². The maximum atomic E-state index is 13.1. The number of anilines is 1. The monoisotopic (exact) mass is 379 g/mol. The molecule has 0 saturated carbocycles. The van der Waals surface area contributed by atoms with Gasteiger partial charge in [-0.15, -0.1) is 0 Å². The average molecular weight is 379 g/mol. The summed E-state index contributed by atoms with van der Waals surface area (Å²) in [5.74, 6) is 0.117. The zero-order valence-electron chi connectivity index (χ0n) is 14.5. The van der Waals surface area contributed by atoms with E-state index in [2.05, 4.69) is 15.6 Å². The van der Waals surface area contributed by atoms with Crippen molar-refractivity contribution in [2.75, 3.05) is 18.5 Å². The first-order valence-electron chi connectivity index (χ1n) is 8.66. The summed E-state index contributed by atoms with van der Waals surface area (Å²) in [6.07, 6.45) is 0.236. The topological polar surface area (TPSA) is 63.2 Å². The number of ether oxygens (including phenoxy) is 1. The molecule has 1 saturated heterocycles. The van der Waals surface area contributed by atoms with E-state index in [1.165, 1.54) is 18.2 Å². The highest BCUT2D eigenvalue weighted by Gasteiger charge is 2.34. The van der Waals surface area contributed by atoms with Gasteiger partial charge in [-0.2, -0.15) is 13.2 Å². The van der Waals surface area contributed by atoms with Crippen LogP contribution in [0.15, 0.2) is 48.8 Å². The van der Waals surface area contributed by atoms with E-state index in [-0.39, 0.29) is 17.6 Å². The highest BCUT2D eigenvalue weighted by atomic mass is 19.4. The van der Waals surface area contributed by atoms with Crippen molar-refractivity contribution in [2.24, 2.45) is 5.92 Å². The lowest BCUT2D eigenvalue weighted by molar-refractivity contribution is -0.136. The number of hydrogen-bond acceptors (Lipinski definition) is 3. The summed E-state index contributed by atoms with van der Waals surface area (Å²) < 4.78 is 44.7. The number of pyridine rings is 1. The molecule has 0 aliphatic carbocycles. The number of halogens is 3. The maximum Gasteiger partial charge on any atom is 0.418 e. The number of carbonyl (C=O) groups is 1. The molecular formula is C19H20F3N3O2. The number of hydrogen-bond donors (Lipinski definition) is 2. The number of amides is 2. The molecule has 8 heteroatoms. The van der Waals surface area contributed by atoms with Crippen LogP contribution in [0.5, 0.6) is 0 Å². The fraction of sp³-hybridized carbons (Fsp3) is 0.368. The molecule has 2 heterocycles. The number of nitrogens with one attached hydrogen (secondary N) is 2. The second-order valence-electron chi connectivity index (χ2n) is 6.36. The number of carbonyl (C=O) groups excluding carboxylic acids is 1. The summed E-state index contributed by atoms with van der Waals surface area (Å²) in [5, 5.41) is 5.15. The van der Waals surface area contributed by atoms with Gasteiger partial charge in [-0.25, -0.2) is 4.79 Å². The molecule has 1 fully saturated rings. The average Bonchev–Trinajstić information content (AvgIpc) is 2.67. The number of aromatic nitrogens is 1. The van der Waals surface area contributed by atoms with E-state index in [0.29, 0.717) is 13.2 Å². The van der Waals surface area contributed by atoms with Gasteiger partial charge in [-0.05, 0) is 42.5 Å². The molecule has 3 rings (SSSR count). The van der Waals surface area contributed by atoms with Gasteiger partial charge in [0.05, 0.1) is 17.3 Å². The van der Waals surface area contributed by atoms with Crippen LogP contribution in [0.4, 0.5) is 23.7 Å². The Morgan fingerprint density at radius 2 is 1.89 bits per heavy atom. The third-order valence-corrected chi connectivity index (χ3v) is 4.55.